The summed E-state index contributed by atoms with van der Waals surface area (Å²) in [5, 5.41) is 21.0. The molecule has 1 amide bonds. The highest BCUT2D eigenvalue weighted by atomic mass is 32.2. The zero-order valence-corrected chi connectivity index (χ0v) is 15.9. The van der Waals surface area contributed by atoms with E-state index in [4.69, 9.17) is 5.26 Å². The van der Waals surface area contributed by atoms with Crippen molar-refractivity contribution >= 4 is 23.4 Å². The lowest BCUT2D eigenvalue weighted by Gasteiger charge is -2.25. The van der Waals surface area contributed by atoms with Gasteiger partial charge in [0.05, 0.1) is 16.5 Å². The first-order chi connectivity index (χ1) is 12.6. The predicted molar refractivity (Wildman–Crippen MR) is 102 cm³/mol. The Kier molecular flexibility index (Phi) is 5.94. The van der Waals surface area contributed by atoms with Gasteiger partial charge in [0.1, 0.15) is 11.9 Å². The zero-order chi connectivity index (χ0) is 18.5. The molecule has 1 N–H and O–H groups in total. The largest absolute Gasteiger partial charge is 0.324 e. The summed E-state index contributed by atoms with van der Waals surface area (Å²) in [4.78, 5) is 12.6. The number of nitrogens with zero attached hydrogens (tertiary/aromatic N) is 4. The molecule has 7 heteroatoms. The highest BCUT2D eigenvalue weighted by Crippen LogP contribution is 2.33. The lowest BCUT2D eigenvalue weighted by Crippen LogP contribution is -2.24. The molecule has 0 aliphatic heterocycles. The maximum Gasteiger partial charge on any atom is 0.237 e. The number of rotatable bonds is 5. The highest BCUT2D eigenvalue weighted by molar-refractivity contribution is 8.00. The zero-order valence-electron chi connectivity index (χ0n) is 15.1. The third-order valence-corrected chi connectivity index (χ3v) is 5.79. The number of carbonyl (C=O) groups excluding carboxylic acids is 1. The average molecular weight is 369 g/mol. The van der Waals surface area contributed by atoms with Crippen LogP contribution in [0.3, 0.4) is 0 Å². The summed E-state index contributed by atoms with van der Waals surface area (Å²) in [5.41, 5.74) is 0.997. The maximum absolute atomic E-state index is 12.6. The van der Waals surface area contributed by atoms with Gasteiger partial charge in [-0.15, -0.1) is 10.2 Å². The Morgan fingerprint density at radius 1 is 1.31 bits per heavy atom. The summed E-state index contributed by atoms with van der Waals surface area (Å²) < 4.78 is 2.19. The Balaban J connectivity index is 1.71. The van der Waals surface area contributed by atoms with E-state index in [1.807, 2.05) is 13.8 Å². The van der Waals surface area contributed by atoms with Crippen LogP contribution in [0.4, 0.5) is 5.69 Å². The van der Waals surface area contributed by atoms with E-state index in [2.05, 4.69) is 26.2 Å². The fraction of sp³-hybridized carbons (Fsp3) is 0.474. The number of nitrogens with one attached hydrogen (secondary N) is 1. The number of hydrogen-bond donors (Lipinski definition) is 1. The standard InChI is InChI=1S/C19H23N5OS/c1-13(18(25)21-17-11-7-6-8-15(17)12-20)26-19-23-22-14(2)24(19)16-9-4-3-5-10-16/h6-8,11,13,16H,3-5,9-10H2,1-2H3,(H,21,25)/t13-/m0/s1. The number of carbonyl (C=O) groups is 1. The Labute approximate surface area is 158 Å². The van der Waals surface area contributed by atoms with E-state index in [9.17, 15) is 4.79 Å². The summed E-state index contributed by atoms with van der Waals surface area (Å²) in [5.74, 6) is 0.760. The summed E-state index contributed by atoms with van der Waals surface area (Å²) >= 11 is 1.42. The second-order valence-corrected chi connectivity index (χ2v) is 7.91. The molecule has 0 saturated heterocycles. The van der Waals surface area contributed by atoms with Crippen LogP contribution in [0.25, 0.3) is 0 Å². The van der Waals surface area contributed by atoms with Crippen molar-refractivity contribution in [3.8, 4) is 6.07 Å². The van der Waals surface area contributed by atoms with Gasteiger partial charge in [-0.05, 0) is 38.8 Å². The molecule has 0 radical (unpaired) electrons. The molecule has 1 fully saturated rings. The summed E-state index contributed by atoms with van der Waals surface area (Å²) in [6.45, 7) is 3.82. The van der Waals surface area contributed by atoms with Gasteiger partial charge in [0, 0.05) is 6.04 Å². The van der Waals surface area contributed by atoms with Crippen LogP contribution in [0.2, 0.25) is 0 Å². The lowest BCUT2D eigenvalue weighted by molar-refractivity contribution is -0.115. The van der Waals surface area contributed by atoms with Gasteiger partial charge in [-0.3, -0.25) is 4.79 Å². The molecule has 2 aromatic rings. The van der Waals surface area contributed by atoms with E-state index >= 15 is 0 Å². The van der Waals surface area contributed by atoms with Gasteiger partial charge in [0.2, 0.25) is 5.91 Å². The van der Waals surface area contributed by atoms with Crippen molar-refractivity contribution in [1.29, 1.82) is 5.26 Å². The van der Waals surface area contributed by atoms with Crippen LogP contribution in [0.15, 0.2) is 29.4 Å². The number of benzene rings is 1. The quantitative estimate of drug-likeness (QED) is 0.803. The number of thioether (sulfide) groups is 1. The first kappa shape index (κ1) is 18.5. The third kappa shape index (κ3) is 4.07. The monoisotopic (exact) mass is 369 g/mol. The van der Waals surface area contributed by atoms with Crippen LogP contribution in [-0.4, -0.2) is 25.9 Å². The molecule has 1 aromatic heterocycles. The number of anilines is 1. The number of aryl methyl sites for hydroxylation is 1. The minimum Gasteiger partial charge on any atom is -0.324 e. The molecule has 1 saturated carbocycles. The Morgan fingerprint density at radius 2 is 2.04 bits per heavy atom. The van der Waals surface area contributed by atoms with Crippen molar-refractivity contribution in [2.24, 2.45) is 0 Å². The van der Waals surface area contributed by atoms with Gasteiger partial charge >= 0.3 is 0 Å². The van der Waals surface area contributed by atoms with Gasteiger partial charge in [-0.2, -0.15) is 5.26 Å². The van der Waals surface area contributed by atoms with Crippen molar-refractivity contribution in [2.75, 3.05) is 5.32 Å². The van der Waals surface area contributed by atoms with E-state index in [1.54, 1.807) is 24.3 Å². The predicted octanol–water partition coefficient (Wildman–Crippen LogP) is 4.08. The van der Waals surface area contributed by atoms with Crippen LogP contribution in [0.1, 0.15) is 56.5 Å². The molecule has 1 aromatic carbocycles. The third-order valence-electron chi connectivity index (χ3n) is 4.73. The SMILES string of the molecule is Cc1nnc(S[C@@H](C)C(=O)Nc2ccccc2C#N)n1C1CCCCC1. The van der Waals surface area contributed by atoms with Crippen molar-refractivity contribution in [3.05, 3.63) is 35.7 Å². The van der Waals surface area contributed by atoms with E-state index in [1.165, 1.54) is 31.0 Å². The molecule has 136 valence electrons. The first-order valence-corrected chi connectivity index (χ1v) is 9.86. The molecular formula is C19H23N5OS. The van der Waals surface area contributed by atoms with Crippen LogP contribution >= 0.6 is 11.8 Å². The van der Waals surface area contributed by atoms with Crippen LogP contribution < -0.4 is 5.32 Å². The normalized spacial score (nSPS) is 16.0. The molecule has 26 heavy (non-hydrogen) atoms. The van der Waals surface area contributed by atoms with Crippen LogP contribution in [0.5, 0.6) is 0 Å². The number of aromatic nitrogens is 3. The van der Waals surface area contributed by atoms with Crippen LogP contribution in [0, 0.1) is 18.3 Å². The van der Waals surface area contributed by atoms with E-state index in [0.717, 1.165) is 23.8 Å². The summed E-state index contributed by atoms with van der Waals surface area (Å²) in [6, 6.07) is 9.54. The lowest BCUT2D eigenvalue weighted by atomic mass is 9.95. The number of amides is 1. The molecule has 1 aliphatic carbocycles. The average Bonchev–Trinajstić information content (AvgIpc) is 3.03. The van der Waals surface area contributed by atoms with Crippen LogP contribution in [-0.2, 0) is 4.79 Å². The van der Waals surface area contributed by atoms with E-state index in [0.29, 0.717) is 17.3 Å². The molecule has 0 unspecified atom stereocenters. The van der Waals surface area contributed by atoms with Crippen molar-refractivity contribution < 1.29 is 4.79 Å². The number of nitriles is 1. The fourth-order valence-corrected chi connectivity index (χ4v) is 4.29. The molecule has 0 spiro atoms. The molecular weight excluding hydrogens is 346 g/mol. The highest BCUT2D eigenvalue weighted by Gasteiger charge is 2.24. The van der Waals surface area contributed by atoms with Gasteiger partial charge in [-0.1, -0.05) is 43.2 Å². The fourth-order valence-electron chi connectivity index (χ4n) is 3.33. The van der Waals surface area contributed by atoms with Gasteiger partial charge < -0.3 is 9.88 Å². The molecule has 1 atom stereocenters. The number of para-hydroxylation sites is 1. The molecule has 6 nitrogen and oxygen atoms in total. The second-order valence-electron chi connectivity index (χ2n) is 6.60. The minimum absolute atomic E-state index is 0.145. The Hall–Kier alpha value is -2.33. The molecule has 1 heterocycles. The maximum atomic E-state index is 12.6. The Morgan fingerprint density at radius 3 is 2.77 bits per heavy atom. The molecule has 0 bridgehead atoms. The van der Waals surface area contributed by atoms with Crippen molar-refractivity contribution in [2.45, 2.75) is 62.4 Å². The van der Waals surface area contributed by atoms with Gasteiger partial charge in [0.15, 0.2) is 5.16 Å². The van der Waals surface area contributed by atoms with Crippen molar-refractivity contribution in [1.82, 2.24) is 14.8 Å². The van der Waals surface area contributed by atoms with Gasteiger partial charge in [-0.25, -0.2) is 0 Å². The molecule has 3 rings (SSSR count). The van der Waals surface area contributed by atoms with E-state index < -0.39 is 0 Å². The van der Waals surface area contributed by atoms with Gasteiger partial charge in [0.25, 0.3) is 0 Å². The van der Waals surface area contributed by atoms with E-state index in [-0.39, 0.29) is 11.2 Å². The second kappa shape index (κ2) is 8.37. The smallest absolute Gasteiger partial charge is 0.237 e. The topological polar surface area (TPSA) is 83.6 Å². The number of hydrogen-bond acceptors (Lipinski definition) is 5. The molecule has 1 aliphatic rings. The first-order valence-electron chi connectivity index (χ1n) is 8.98. The summed E-state index contributed by atoms with van der Waals surface area (Å²) in [6.07, 6.45) is 6.03. The Bertz CT molecular complexity index is 820. The van der Waals surface area contributed by atoms with Crippen molar-refractivity contribution in [3.63, 3.8) is 0 Å². The minimum atomic E-state index is -0.340. The summed E-state index contributed by atoms with van der Waals surface area (Å²) in [7, 11) is 0.